The van der Waals surface area contributed by atoms with Crippen LogP contribution in [0.3, 0.4) is 0 Å². The standard InChI is InChI=1S/C20H12Cl2F3N3O/c21-13-7-5-12(6-8-13)18-14-9-10-27(11-20(23,24)25)19(29)17(14)26-28(18)16-4-2-1-3-15(16)22/h1-10H,11H2. The highest BCUT2D eigenvalue weighted by molar-refractivity contribution is 6.32. The number of alkyl halides is 3. The number of halogens is 5. The van der Waals surface area contributed by atoms with Crippen LogP contribution in [0.4, 0.5) is 13.2 Å². The van der Waals surface area contributed by atoms with Crippen LogP contribution in [0.1, 0.15) is 0 Å². The molecule has 0 aliphatic heterocycles. The molecule has 2 heterocycles. The number of nitrogens with zero attached hydrogens (tertiary/aromatic N) is 3. The Bertz CT molecular complexity index is 1260. The number of fused-ring (bicyclic) bond motifs is 1. The van der Waals surface area contributed by atoms with Gasteiger partial charge in [0.25, 0.3) is 5.56 Å². The fraction of sp³-hybridized carbons (Fsp3) is 0.100. The van der Waals surface area contributed by atoms with Crippen LogP contribution < -0.4 is 5.56 Å². The number of para-hydroxylation sites is 1. The maximum atomic E-state index is 12.8. The van der Waals surface area contributed by atoms with Crippen molar-refractivity contribution in [1.82, 2.24) is 14.3 Å². The van der Waals surface area contributed by atoms with Crippen LogP contribution >= 0.6 is 23.2 Å². The summed E-state index contributed by atoms with van der Waals surface area (Å²) in [6.07, 6.45) is -3.40. The van der Waals surface area contributed by atoms with Gasteiger partial charge in [0, 0.05) is 22.2 Å². The molecule has 0 spiro atoms. The molecular weight excluding hydrogens is 426 g/mol. The van der Waals surface area contributed by atoms with Gasteiger partial charge in [-0.2, -0.15) is 18.3 Å². The summed E-state index contributed by atoms with van der Waals surface area (Å²) in [4.78, 5) is 12.7. The zero-order valence-electron chi connectivity index (χ0n) is 14.6. The molecule has 0 amide bonds. The summed E-state index contributed by atoms with van der Waals surface area (Å²) in [7, 11) is 0. The summed E-state index contributed by atoms with van der Waals surface area (Å²) in [5.74, 6) is 0. The molecule has 0 N–H and O–H groups in total. The molecule has 0 atom stereocenters. The lowest BCUT2D eigenvalue weighted by atomic mass is 10.1. The molecule has 4 rings (SSSR count). The molecule has 2 aromatic carbocycles. The first-order chi connectivity index (χ1) is 13.7. The first kappa shape index (κ1) is 19.5. The van der Waals surface area contributed by atoms with Gasteiger partial charge in [0.2, 0.25) is 0 Å². The molecule has 0 saturated heterocycles. The largest absolute Gasteiger partial charge is 0.406 e. The smallest absolute Gasteiger partial charge is 0.304 e. The van der Waals surface area contributed by atoms with Gasteiger partial charge in [0.1, 0.15) is 6.54 Å². The number of pyridine rings is 1. The lowest BCUT2D eigenvalue weighted by molar-refractivity contribution is -0.141. The van der Waals surface area contributed by atoms with E-state index in [1.165, 1.54) is 10.7 Å². The van der Waals surface area contributed by atoms with Crippen LogP contribution in [-0.2, 0) is 6.54 Å². The van der Waals surface area contributed by atoms with E-state index < -0.39 is 18.3 Å². The van der Waals surface area contributed by atoms with Crippen LogP contribution in [0.2, 0.25) is 10.0 Å². The first-order valence-corrected chi connectivity index (χ1v) is 9.20. The highest BCUT2D eigenvalue weighted by Crippen LogP contribution is 2.33. The van der Waals surface area contributed by atoms with E-state index in [0.717, 1.165) is 6.20 Å². The SMILES string of the molecule is O=c1c2nn(-c3ccccc3Cl)c(-c3ccc(Cl)cc3)c2ccn1CC(F)(F)F. The first-order valence-electron chi connectivity index (χ1n) is 8.44. The molecule has 148 valence electrons. The lowest BCUT2D eigenvalue weighted by Crippen LogP contribution is -2.27. The van der Waals surface area contributed by atoms with Gasteiger partial charge in [-0.3, -0.25) is 4.79 Å². The normalized spacial score (nSPS) is 11.9. The van der Waals surface area contributed by atoms with Crippen molar-refractivity contribution in [3.05, 3.63) is 81.2 Å². The van der Waals surface area contributed by atoms with Gasteiger partial charge in [-0.15, -0.1) is 0 Å². The quantitative estimate of drug-likeness (QED) is 0.410. The number of hydrogen-bond donors (Lipinski definition) is 0. The van der Waals surface area contributed by atoms with Crippen molar-refractivity contribution >= 4 is 34.1 Å². The molecule has 0 aliphatic rings. The van der Waals surface area contributed by atoms with E-state index in [9.17, 15) is 18.0 Å². The van der Waals surface area contributed by atoms with Crippen LogP contribution in [0.15, 0.2) is 65.6 Å². The Labute approximate surface area is 172 Å². The zero-order chi connectivity index (χ0) is 20.8. The maximum absolute atomic E-state index is 12.8. The Hall–Kier alpha value is -2.77. The van der Waals surface area contributed by atoms with E-state index in [1.807, 2.05) is 0 Å². The topological polar surface area (TPSA) is 39.8 Å². The summed E-state index contributed by atoms with van der Waals surface area (Å²) in [5, 5.41) is 5.65. The Balaban J connectivity index is 2.04. The van der Waals surface area contributed by atoms with E-state index in [4.69, 9.17) is 23.2 Å². The highest BCUT2D eigenvalue weighted by atomic mass is 35.5. The molecule has 29 heavy (non-hydrogen) atoms. The fourth-order valence-corrected chi connectivity index (χ4v) is 3.46. The van der Waals surface area contributed by atoms with E-state index in [1.54, 1.807) is 48.5 Å². The Morgan fingerprint density at radius 1 is 0.966 bits per heavy atom. The third kappa shape index (κ3) is 3.75. The Morgan fingerprint density at radius 2 is 1.66 bits per heavy atom. The maximum Gasteiger partial charge on any atom is 0.406 e. The van der Waals surface area contributed by atoms with Crippen molar-refractivity contribution in [3.8, 4) is 16.9 Å². The molecule has 0 radical (unpaired) electrons. The van der Waals surface area contributed by atoms with Crippen molar-refractivity contribution < 1.29 is 13.2 Å². The van der Waals surface area contributed by atoms with Gasteiger partial charge in [0.15, 0.2) is 5.52 Å². The van der Waals surface area contributed by atoms with E-state index in [-0.39, 0.29) is 5.52 Å². The van der Waals surface area contributed by atoms with Crippen molar-refractivity contribution in [2.45, 2.75) is 12.7 Å². The van der Waals surface area contributed by atoms with Gasteiger partial charge >= 0.3 is 6.18 Å². The number of aromatic nitrogens is 3. The number of benzene rings is 2. The highest BCUT2D eigenvalue weighted by Gasteiger charge is 2.29. The van der Waals surface area contributed by atoms with Gasteiger partial charge < -0.3 is 4.57 Å². The molecular formula is C20H12Cl2F3N3O. The summed E-state index contributed by atoms with van der Waals surface area (Å²) in [6.45, 7) is -1.39. The molecule has 9 heteroatoms. The van der Waals surface area contributed by atoms with Gasteiger partial charge in [-0.1, -0.05) is 47.5 Å². The Kier molecular flexibility index (Phi) is 4.88. The monoisotopic (exact) mass is 437 g/mol. The summed E-state index contributed by atoms with van der Waals surface area (Å²) in [5.41, 5.74) is 0.797. The van der Waals surface area contributed by atoms with E-state index in [0.29, 0.717) is 36.9 Å². The summed E-state index contributed by atoms with van der Waals surface area (Å²) < 4.78 is 40.5. The van der Waals surface area contributed by atoms with Crippen molar-refractivity contribution in [1.29, 1.82) is 0 Å². The summed E-state index contributed by atoms with van der Waals surface area (Å²) in [6, 6.07) is 15.2. The molecule has 4 nitrogen and oxygen atoms in total. The minimum absolute atomic E-state index is 0.0818. The Morgan fingerprint density at radius 3 is 2.31 bits per heavy atom. The second kappa shape index (κ2) is 7.24. The third-order valence-electron chi connectivity index (χ3n) is 4.35. The van der Waals surface area contributed by atoms with Gasteiger partial charge in [-0.05, 0) is 30.3 Å². The van der Waals surface area contributed by atoms with E-state index >= 15 is 0 Å². The summed E-state index contributed by atoms with van der Waals surface area (Å²) >= 11 is 12.3. The second-order valence-corrected chi connectivity index (χ2v) is 7.19. The minimum atomic E-state index is -4.53. The predicted molar refractivity (Wildman–Crippen MR) is 107 cm³/mol. The number of rotatable bonds is 3. The van der Waals surface area contributed by atoms with Crippen molar-refractivity contribution in [2.24, 2.45) is 0 Å². The molecule has 0 saturated carbocycles. The zero-order valence-corrected chi connectivity index (χ0v) is 16.1. The van der Waals surface area contributed by atoms with Crippen LogP contribution in [0, 0.1) is 0 Å². The van der Waals surface area contributed by atoms with Crippen molar-refractivity contribution in [2.75, 3.05) is 0 Å². The average molecular weight is 438 g/mol. The van der Waals surface area contributed by atoms with Gasteiger partial charge in [0.05, 0.1) is 16.4 Å². The predicted octanol–water partition coefficient (Wildman–Crippen LogP) is 5.72. The van der Waals surface area contributed by atoms with Crippen LogP contribution in [0.5, 0.6) is 0 Å². The second-order valence-electron chi connectivity index (χ2n) is 6.34. The fourth-order valence-electron chi connectivity index (χ4n) is 3.12. The molecule has 0 fully saturated rings. The molecule has 0 unspecified atom stereocenters. The van der Waals surface area contributed by atoms with Gasteiger partial charge in [-0.25, -0.2) is 4.68 Å². The molecule has 0 bridgehead atoms. The average Bonchev–Trinajstić information content (AvgIpc) is 3.04. The molecule has 4 aromatic rings. The molecule has 0 aliphatic carbocycles. The van der Waals surface area contributed by atoms with E-state index in [2.05, 4.69) is 5.10 Å². The minimum Gasteiger partial charge on any atom is -0.304 e. The van der Waals surface area contributed by atoms with Crippen LogP contribution in [0.25, 0.3) is 27.8 Å². The molecule has 2 aromatic heterocycles. The number of hydrogen-bond acceptors (Lipinski definition) is 2. The van der Waals surface area contributed by atoms with Crippen molar-refractivity contribution in [3.63, 3.8) is 0 Å². The third-order valence-corrected chi connectivity index (χ3v) is 4.93. The van der Waals surface area contributed by atoms with Crippen LogP contribution in [-0.4, -0.2) is 20.5 Å². The lowest BCUT2D eigenvalue weighted by Gasteiger charge is -2.10.